The molecular weight excluding hydrogens is 276 g/mol. The lowest BCUT2D eigenvalue weighted by molar-refractivity contribution is 0.0646. The van der Waals surface area contributed by atoms with Crippen LogP contribution in [0.5, 0.6) is 5.75 Å². The molecule has 0 radical (unpaired) electrons. The molecule has 0 saturated carbocycles. The van der Waals surface area contributed by atoms with Gasteiger partial charge in [0, 0.05) is 5.56 Å². The molecule has 0 aliphatic carbocycles. The number of hydroxylamine groups is 1. The van der Waals surface area contributed by atoms with Gasteiger partial charge in [-0.25, -0.2) is 8.78 Å². The average molecular weight is 291 g/mol. The first kappa shape index (κ1) is 15.0. The molecule has 1 N–H and O–H groups in total. The molecule has 2 rings (SSSR count). The van der Waals surface area contributed by atoms with Crippen LogP contribution in [0, 0.1) is 11.6 Å². The first-order chi connectivity index (χ1) is 10.1. The number of benzene rings is 2. The maximum absolute atomic E-state index is 13.6. The molecule has 2 aromatic carbocycles. The minimum atomic E-state index is -0.483. The van der Waals surface area contributed by atoms with Gasteiger partial charge in [0.1, 0.15) is 5.82 Å². The fraction of sp³-hybridized carbons (Fsp3) is 0.125. The molecule has 0 bridgehead atoms. The van der Waals surface area contributed by atoms with E-state index in [2.05, 4.69) is 12.1 Å². The van der Waals surface area contributed by atoms with Crippen LogP contribution in [-0.2, 0) is 11.4 Å². The summed E-state index contributed by atoms with van der Waals surface area (Å²) in [5.74, 6) is -0.650. The molecule has 0 amide bonds. The number of hydrogen-bond donors (Lipinski definition) is 1. The zero-order valence-electron chi connectivity index (χ0n) is 11.5. The Bertz CT molecular complexity index is 644. The number of rotatable bonds is 6. The number of methoxy groups -OCH3 is 1. The van der Waals surface area contributed by atoms with Crippen LogP contribution >= 0.6 is 0 Å². The van der Waals surface area contributed by atoms with Gasteiger partial charge in [-0.05, 0) is 35.9 Å². The van der Waals surface area contributed by atoms with Crippen molar-refractivity contribution in [3.8, 4) is 5.75 Å². The maximum Gasteiger partial charge on any atom is 0.165 e. The third-order valence-corrected chi connectivity index (χ3v) is 2.82. The molecule has 0 fully saturated rings. The van der Waals surface area contributed by atoms with Crippen molar-refractivity contribution in [1.82, 2.24) is 5.48 Å². The Morgan fingerprint density at radius 2 is 2.00 bits per heavy atom. The molecule has 0 unspecified atom stereocenters. The zero-order chi connectivity index (χ0) is 15.2. The van der Waals surface area contributed by atoms with Gasteiger partial charge in [-0.15, -0.1) is 0 Å². The lowest BCUT2D eigenvalue weighted by Gasteiger charge is -2.11. The first-order valence-electron chi connectivity index (χ1n) is 6.25. The third kappa shape index (κ3) is 4.03. The van der Waals surface area contributed by atoms with Crippen molar-refractivity contribution < 1.29 is 18.4 Å². The minimum Gasteiger partial charge on any atom is -0.494 e. The molecule has 0 atom stereocenters. The number of nitrogens with one attached hydrogen (secondary N) is 1. The number of ether oxygens (including phenoxy) is 1. The van der Waals surface area contributed by atoms with Gasteiger partial charge in [0.05, 0.1) is 19.4 Å². The van der Waals surface area contributed by atoms with E-state index in [9.17, 15) is 8.78 Å². The van der Waals surface area contributed by atoms with Gasteiger partial charge in [-0.1, -0.05) is 18.7 Å². The topological polar surface area (TPSA) is 30.5 Å². The van der Waals surface area contributed by atoms with Crippen molar-refractivity contribution in [2.24, 2.45) is 0 Å². The van der Waals surface area contributed by atoms with Gasteiger partial charge < -0.3 is 4.74 Å². The van der Waals surface area contributed by atoms with Crippen LogP contribution in [0.2, 0.25) is 0 Å². The van der Waals surface area contributed by atoms with Gasteiger partial charge in [-0.3, -0.25) is 10.3 Å². The van der Waals surface area contributed by atoms with Crippen LogP contribution in [0.15, 0.2) is 49.0 Å². The standard InChI is InChI=1S/C16H15F2NO2/c1-11(13-6-7-16(20-2)15(18)9-13)19-21-10-12-4-3-5-14(17)8-12/h3-9,19H,1,10H2,2H3. The van der Waals surface area contributed by atoms with Crippen LogP contribution < -0.4 is 10.2 Å². The van der Waals surface area contributed by atoms with Gasteiger partial charge >= 0.3 is 0 Å². The van der Waals surface area contributed by atoms with E-state index in [1.165, 1.54) is 31.4 Å². The second-order valence-corrected chi connectivity index (χ2v) is 4.35. The van der Waals surface area contributed by atoms with E-state index in [-0.39, 0.29) is 18.2 Å². The van der Waals surface area contributed by atoms with Gasteiger partial charge in [-0.2, -0.15) is 0 Å². The SMILES string of the molecule is C=C(NOCc1cccc(F)c1)c1ccc(OC)c(F)c1. The Balaban J connectivity index is 1.91. The van der Waals surface area contributed by atoms with E-state index in [0.717, 1.165) is 0 Å². The molecule has 2 aromatic rings. The highest BCUT2D eigenvalue weighted by Crippen LogP contribution is 2.20. The maximum atomic E-state index is 13.6. The first-order valence-corrected chi connectivity index (χ1v) is 6.25. The van der Waals surface area contributed by atoms with Crippen molar-refractivity contribution in [2.45, 2.75) is 6.61 Å². The highest BCUT2D eigenvalue weighted by molar-refractivity contribution is 5.61. The Morgan fingerprint density at radius 3 is 2.67 bits per heavy atom. The highest BCUT2D eigenvalue weighted by atomic mass is 19.1. The molecule has 0 aliphatic heterocycles. The van der Waals surface area contributed by atoms with Crippen LogP contribution in [0.3, 0.4) is 0 Å². The molecule has 0 aliphatic rings. The fourth-order valence-corrected chi connectivity index (χ4v) is 1.75. The molecule has 3 nitrogen and oxygen atoms in total. The zero-order valence-corrected chi connectivity index (χ0v) is 11.5. The fourth-order valence-electron chi connectivity index (χ4n) is 1.75. The average Bonchev–Trinajstić information content (AvgIpc) is 2.47. The van der Waals surface area contributed by atoms with E-state index >= 15 is 0 Å². The largest absolute Gasteiger partial charge is 0.494 e. The molecular formula is C16H15F2NO2. The summed E-state index contributed by atoms with van der Waals surface area (Å²) in [6, 6.07) is 10.5. The Kier molecular flexibility index (Phi) is 4.90. The second-order valence-electron chi connectivity index (χ2n) is 4.35. The summed E-state index contributed by atoms with van der Waals surface area (Å²) in [6.45, 7) is 3.91. The molecule has 110 valence electrons. The molecule has 0 heterocycles. The van der Waals surface area contributed by atoms with Crippen molar-refractivity contribution in [3.63, 3.8) is 0 Å². The minimum absolute atomic E-state index is 0.159. The molecule has 0 saturated heterocycles. The lowest BCUT2D eigenvalue weighted by atomic mass is 10.1. The third-order valence-electron chi connectivity index (χ3n) is 2.82. The summed E-state index contributed by atoms with van der Waals surface area (Å²) >= 11 is 0. The summed E-state index contributed by atoms with van der Waals surface area (Å²) in [5.41, 5.74) is 4.22. The summed E-state index contributed by atoms with van der Waals surface area (Å²) < 4.78 is 31.4. The van der Waals surface area contributed by atoms with E-state index < -0.39 is 5.82 Å². The normalized spacial score (nSPS) is 10.2. The Labute approximate surface area is 121 Å². The number of halogens is 2. The summed E-state index contributed by atoms with van der Waals surface area (Å²) in [4.78, 5) is 5.22. The Hall–Kier alpha value is -2.40. The predicted octanol–water partition coefficient (Wildman–Crippen LogP) is 3.67. The monoisotopic (exact) mass is 291 g/mol. The number of hydrogen-bond acceptors (Lipinski definition) is 3. The van der Waals surface area contributed by atoms with Gasteiger partial charge in [0.2, 0.25) is 0 Å². The smallest absolute Gasteiger partial charge is 0.165 e. The van der Waals surface area contributed by atoms with Crippen LogP contribution in [0.1, 0.15) is 11.1 Å². The van der Waals surface area contributed by atoms with E-state index in [1.807, 2.05) is 0 Å². The van der Waals surface area contributed by atoms with Crippen molar-refractivity contribution in [2.75, 3.05) is 7.11 Å². The molecule has 0 spiro atoms. The van der Waals surface area contributed by atoms with E-state index in [0.29, 0.717) is 16.8 Å². The highest BCUT2D eigenvalue weighted by Gasteiger charge is 2.06. The lowest BCUT2D eigenvalue weighted by Crippen LogP contribution is -2.12. The predicted molar refractivity (Wildman–Crippen MR) is 76.3 cm³/mol. The quantitative estimate of drug-likeness (QED) is 0.824. The molecule has 5 heteroatoms. The molecule has 0 aromatic heterocycles. The van der Waals surface area contributed by atoms with Crippen LogP contribution in [-0.4, -0.2) is 7.11 Å². The van der Waals surface area contributed by atoms with Crippen LogP contribution in [0.4, 0.5) is 8.78 Å². The summed E-state index contributed by atoms with van der Waals surface area (Å²) in [6.07, 6.45) is 0. The summed E-state index contributed by atoms with van der Waals surface area (Å²) in [5, 5.41) is 0. The van der Waals surface area contributed by atoms with Crippen LogP contribution in [0.25, 0.3) is 5.70 Å². The van der Waals surface area contributed by atoms with Crippen molar-refractivity contribution in [1.29, 1.82) is 0 Å². The van der Waals surface area contributed by atoms with E-state index in [1.54, 1.807) is 18.2 Å². The summed E-state index contributed by atoms with van der Waals surface area (Å²) in [7, 11) is 1.40. The van der Waals surface area contributed by atoms with Gasteiger partial charge in [0.25, 0.3) is 0 Å². The van der Waals surface area contributed by atoms with E-state index in [4.69, 9.17) is 9.57 Å². The Morgan fingerprint density at radius 1 is 1.19 bits per heavy atom. The second kappa shape index (κ2) is 6.85. The van der Waals surface area contributed by atoms with Crippen molar-refractivity contribution >= 4 is 5.70 Å². The van der Waals surface area contributed by atoms with Crippen molar-refractivity contribution in [3.05, 3.63) is 71.8 Å². The molecule has 21 heavy (non-hydrogen) atoms. The van der Waals surface area contributed by atoms with Gasteiger partial charge in [0.15, 0.2) is 11.6 Å².